The maximum Gasteiger partial charge on any atom is 0.253 e. The van der Waals surface area contributed by atoms with Crippen LogP contribution in [0.3, 0.4) is 0 Å². The molecule has 0 atom stereocenters. The molecular weight excluding hydrogens is 438 g/mol. The summed E-state index contributed by atoms with van der Waals surface area (Å²) in [6.07, 6.45) is 6.08. The largest absolute Gasteiger partial charge is 0.352 e. The molecule has 0 spiro atoms. The molecule has 5 rings (SSSR count). The first-order chi connectivity index (χ1) is 16.1. The molecule has 172 valence electrons. The van der Waals surface area contributed by atoms with Gasteiger partial charge in [0.25, 0.3) is 5.91 Å². The Labute approximate surface area is 198 Å². The van der Waals surface area contributed by atoms with Crippen LogP contribution in [0.15, 0.2) is 42.5 Å². The van der Waals surface area contributed by atoms with Gasteiger partial charge in [0.05, 0.1) is 11.6 Å². The highest BCUT2D eigenvalue weighted by Gasteiger charge is 2.28. The molecule has 7 nitrogen and oxygen atoms in total. The maximum absolute atomic E-state index is 13.1. The number of aromatic nitrogens is 3. The normalized spacial score (nSPS) is 17.5. The quantitative estimate of drug-likeness (QED) is 0.606. The lowest BCUT2D eigenvalue weighted by Gasteiger charge is -2.31. The van der Waals surface area contributed by atoms with Gasteiger partial charge in [0.15, 0.2) is 0 Å². The Morgan fingerprint density at radius 2 is 1.73 bits per heavy atom. The van der Waals surface area contributed by atoms with Gasteiger partial charge in [-0.15, -0.1) is 5.10 Å². The fraction of sp³-hybridized carbons (Fsp3) is 0.440. The predicted octanol–water partition coefficient (Wildman–Crippen LogP) is 4.37. The second-order valence-corrected chi connectivity index (χ2v) is 9.52. The number of benzene rings is 2. The molecule has 1 saturated heterocycles. The van der Waals surface area contributed by atoms with E-state index in [4.69, 9.17) is 11.6 Å². The minimum absolute atomic E-state index is 0.00709. The van der Waals surface area contributed by atoms with Crippen LogP contribution >= 0.6 is 11.6 Å². The molecule has 0 unspecified atom stereocenters. The fourth-order valence-corrected chi connectivity index (χ4v) is 5.08. The van der Waals surface area contributed by atoms with Crippen molar-refractivity contribution < 1.29 is 9.59 Å². The van der Waals surface area contributed by atoms with E-state index in [-0.39, 0.29) is 17.7 Å². The minimum Gasteiger partial charge on any atom is -0.352 e. The van der Waals surface area contributed by atoms with Crippen LogP contribution in [0.4, 0.5) is 0 Å². The Morgan fingerprint density at radius 3 is 2.45 bits per heavy atom. The average molecular weight is 466 g/mol. The molecule has 2 aliphatic rings. The number of nitrogens with one attached hydrogen (secondary N) is 1. The topological polar surface area (TPSA) is 80.1 Å². The van der Waals surface area contributed by atoms with E-state index in [1.807, 2.05) is 52.0 Å². The van der Waals surface area contributed by atoms with Crippen LogP contribution in [0.5, 0.6) is 0 Å². The number of rotatable bonds is 5. The first-order valence-corrected chi connectivity index (χ1v) is 12.1. The van der Waals surface area contributed by atoms with E-state index >= 15 is 0 Å². The SMILES string of the molecule is O=C(NCc1ccc(Cl)cc1)C1CCN(C(=O)c2ccc3c(c2)nnn3C2CCCC2)CC1. The Morgan fingerprint density at radius 1 is 1.00 bits per heavy atom. The molecule has 33 heavy (non-hydrogen) atoms. The van der Waals surface area contributed by atoms with Gasteiger partial charge in [-0.25, -0.2) is 4.68 Å². The van der Waals surface area contributed by atoms with Gasteiger partial charge >= 0.3 is 0 Å². The Kier molecular flexibility index (Phi) is 6.31. The van der Waals surface area contributed by atoms with Gasteiger partial charge in [0.1, 0.15) is 5.52 Å². The molecule has 2 heterocycles. The smallest absolute Gasteiger partial charge is 0.253 e. The van der Waals surface area contributed by atoms with Crippen LogP contribution in [-0.2, 0) is 11.3 Å². The van der Waals surface area contributed by atoms with Gasteiger partial charge in [0, 0.05) is 36.1 Å². The zero-order valence-electron chi connectivity index (χ0n) is 18.5. The van der Waals surface area contributed by atoms with Crippen molar-refractivity contribution in [2.45, 2.75) is 51.1 Å². The highest BCUT2D eigenvalue weighted by atomic mass is 35.5. The summed E-state index contributed by atoms with van der Waals surface area (Å²) in [6.45, 7) is 1.63. The Bertz CT molecular complexity index is 1150. The van der Waals surface area contributed by atoms with E-state index in [9.17, 15) is 9.59 Å². The van der Waals surface area contributed by atoms with E-state index in [2.05, 4.69) is 15.6 Å². The number of piperidine rings is 1. The number of hydrogen-bond acceptors (Lipinski definition) is 4. The van der Waals surface area contributed by atoms with Crippen LogP contribution < -0.4 is 5.32 Å². The molecule has 8 heteroatoms. The molecule has 1 saturated carbocycles. The summed E-state index contributed by atoms with van der Waals surface area (Å²) in [5.74, 6) is -0.0375. The predicted molar refractivity (Wildman–Crippen MR) is 127 cm³/mol. The number of amides is 2. The summed E-state index contributed by atoms with van der Waals surface area (Å²) in [5, 5.41) is 12.4. The van der Waals surface area contributed by atoms with Crippen LogP contribution in [0.25, 0.3) is 11.0 Å². The van der Waals surface area contributed by atoms with E-state index < -0.39 is 0 Å². The van der Waals surface area contributed by atoms with Gasteiger partial charge in [-0.3, -0.25) is 9.59 Å². The average Bonchev–Trinajstić information content (AvgIpc) is 3.52. The Balaban J connectivity index is 1.16. The molecule has 1 aliphatic carbocycles. The molecule has 1 aliphatic heterocycles. The summed E-state index contributed by atoms with van der Waals surface area (Å²) in [7, 11) is 0. The second kappa shape index (κ2) is 9.51. The summed E-state index contributed by atoms with van der Waals surface area (Å²) in [4.78, 5) is 27.5. The number of hydrogen-bond donors (Lipinski definition) is 1. The van der Waals surface area contributed by atoms with E-state index in [0.29, 0.717) is 49.1 Å². The molecule has 0 radical (unpaired) electrons. The van der Waals surface area contributed by atoms with E-state index in [0.717, 1.165) is 29.4 Å². The number of halogens is 1. The van der Waals surface area contributed by atoms with E-state index in [1.165, 1.54) is 12.8 Å². The fourth-order valence-electron chi connectivity index (χ4n) is 4.96. The van der Waals surface area contributed by atoms with Crippen LogP contribution in [0.2, 0.25) is 5.02 Å². The second-order valence-electron chi connectivity index (χ2n) is 9.09. The number of likely N-dealkylation sites (tertiary alicyclic amines) is 1. The third kappa shape index (κ3) is 4.74. The van der Waals surface area contributed by atoms with Crippen molar-refractivity contribution >= 4 is 34.4 Å². The van der Waals surface area contributed by atoms with Crippen LogP contribution in [-0.4, -0.2) is 44.8 Å². The number of nitrogens with zero attached hydrogens (tertiary/aromatic N) is 4. The first kappa shape index (κ1) is 21.9. The van der Waals surface area contributed by atoms with Gasteiger partial charge in [-0.2, -0.15) is 0 Å². The Hall–Kier alpha value is -2.93. The van der Waals surface area contributed by atoms with Crippen molar-refractivity contribution in [1.82, 2.24) is 25.2 Å². The summed E-state index contributed by atoms with van der Waals surface area (Å²) in [6, 6.07) is 13.6. The lowest BCUT2D eigenvalue weighted by Crippen LogP contribution is -2.42. The van der Waals surface area contributed by atoms with Crippen molar-refractivity contribution in [3.63, 3.8) is 0 Å². The van der Waals surface area contributed by atoms with Crippen LogP contribution in [0.1, 0.15) is 60.5 Å². The van der Waals surface area contributed by atoms with Gasteiger partial charge in [-0.1, -0.05) is 41.8 Å². The summed E-state index contributed by atoms with van der Waals surface area (Å²) >= 11 is 5.91. The van der Waals surface area contributed by atoms with E-state index in [1.54, 1.807) is 0 Å². The lowest BCUT2D eigenvalue weighted by atomic mass is 9.95. The standard InChI is InChI=1S/C25H28ClN5O2/c26-20-8-5-17(6-9-20)16-27-24(32)18-11-13-30(14-12-18)25(33)19-7-10-23-22(15-19)28-29-31(23)21-3-1-2-4-21/h5-10,15,18,21H,1-4,11-14,16H2,(H,27,32). The third-order valence-electron chi connectivity index (χ3n) is 6.92. The van der Waals surface area contributed by atoms with Crippen LogP contribution in [0, 0.1) is 5.92 Å². The molecule has 2 aromatic carbocycles. The number of carbonyl (C=O) groups is 2. The highest BCUT2D eigenvalue weighted by Crippen LogP contribution is 2.31. The maximum atomic E-state index is 13.1. The zero-order valence-corrected chi connectivity index (χ0v) is 19.3. The van der Waals surface area contributed by atoms with Crippen molar-refractivity contribution in [3.05, 3.63) is 58.6 Å². The highest BCUT2D eigenvalue weighted by molar-refractivity contribution is 6.30. The molecule has 1 N–H and O–H groups in total. The summed E-state index contributed by atoms with van der Waals surface area (Å²) < 4.78 is 2.02. The lowest BCUT2D eigenvalue weighted by molar-refractivity contribution is -0.126. The molecule has 1 aromatic heterocycles. The van der Waals surface area contributed by atoms with Gasteiger partial charge in [-0.05, 0) is 61.6 Å². The molecule has 3 aromatic rings. The molecular formula is C25H28ClN5O2. The molecule has 2 amide bonds. The van der Waals surface area contributed by atoms with Crippen molar-refractivity contribution in [2.75, 3.05) is 13.1 Å². The van der Waals surface area contributed by atoms with Crippen molar-refractivity contribution in [1.29, 1.82) is 0 Å². The zero-order chi connectivity index (χ0) is 22.8. The monoisotopic (exact) mass is 465 g/mol. The van der Waals surface area contributed by atoms with Crippen molar-refractivity contribution in [2.24, 2.45) is 5.92 Å². The number of carbonyl (C=O) groups excluding carboxylic acids is 2. The molecule has 2 fully saturated rings. The first-order valence-electron chi connectivity index (χ1n) is 11.7. The minimum atomic E-state index is -0.0739. The molecule has 0 bridgehead atoms. The third-order valence-corrected chi connectivity index (χ3v) is 7.17. The van der Waals surface area contributed by atoms with Gasteiger partial charge < -0.3 is 10.2 Å². The van der Waals surface area contributed by atoms with Crippen molar-refractivity contribution in [3.8, 4) is 0 Å². The van der Waals surface area contributed by atoms with Gasteiger partial charge in [0.2, 0.25) is 5.91 Å². The number of fused-ring (bicyclic) bond motifs is 1. The summed E-state index contributed by atoms with van der Waals surface area (Å²) in [5.41, 5.74) is 3.41.